The van der Waals surface area contributed by atoms with Crippen molar-refractivity contribution in [1.82, 2.24) is 24.5 Å². The van der Waals surface area contributed by atoms with Crippen molar-refractivity contribution in [3.8, 4) is 34.5 Å². The molecule has 0 aliphatic heterocycles. The van der Waals surface area contributed by atoms with E-state index in [1.54, 1.807) is 63.6 Å². The van der Waals surface area contributed by atoms with Gasteiger partial charge < -0.3 is 18.9 Å². The molecule has 1 N–H and O–H groups in total. The van der Waals surface area contributed by atoms with Gasteiger partial charge in [-0.3, -0.25) is 0 Å². The number of nitrogens with zero attached hydrogens (tertiary/aromatic N) is 4. The van der Waals surface area contributed by atoms with Crippen LogP contribution in [-0.2, 0) is 10.0 Å². The Hall–Kier alpha value is -3.42. The van der Waals surface area contributed by atoms with Crippen LogP contribution in [0.25, 0.3) is 17.0 Å². The van der Waals surface area contributed by atoms with Crippen molar-refractivity contribution in [3.63, 3.8) is 0 Å². The largest absolute Gasteiger partial charge is 0.497 e. The molecule has 0 spiro atoms. The Kier molecular flexibility index (Phi) is 7.91. The maximum atomic E-state index is 12.8. The van der Waals surface area contributed by atoms with E-state index in [9.17, 15) is 8.42 Å². The number of halogens is 1. The summed E-state index contributed by atoms with van der Waals surface area (Å²) >= 11 is 3.30. The number of fused-ring (bicyclic) bond motifs is 1. The van der Waals surface area contributed by atoms with Crippen molar-refractivity contribution in [1.29, 1.82) is 0 Å². The molecule has 0 aliphatic carbocycles. The molecule has 0 aliphatic rings. The Morgan fingerprint density at radius 2 is 1.81 bits per heavy atom. The van der Waals surface area contributed by atoms with Crippen molar-refractivity contribution in [2.45, 2.75) is 11.8 Å². The summed E-state index contributed by atoms with van der Waals surface area (Å²) in [4.78, 5) is 0.0424. The first-order valence-corrected chi connectivity index (χ1v) is 13.1. The van der Waals surface area contributed by atoms with Crippen LogP contribution in [0.1, 0.15) is 6.92 Å². The number of aromatic nitrogens is 4. The summed E-state index contributed by atoms with van der Waals surface area (Å²) < 4.78 is 52.2. The first-order valence-electron chi connectivity index (χ1n) is 10.9. The van der Waals surface area contributed by atoms with Gasteiger partial charge in [0.15, 0.2) is 11.5 Å². The van der Waals surface area contributed by atoms with Gasteiger partial charge in [-0.15, -0.1) is 15.3 Å². The lowest BCUT2D eigenvalue weighted by Crippen LogP contribution is -2.28. The molecular weight excluding hydrogens is 554 g/mol. The van der Waals surface area contributed by atoms with Crippen LogP contribution >= 0.6 is 15.9 Å². The van der Waals surface area contributed by atoms with Gasteiger partial charge in [-0.1, -0.05) is 15.9 Å². The summed E-state index contributed by atoms with van der Waals surface area (Å²) in [5.41, 5.74) is 1.18. The molecule has 4 rings (SSSR count). The number of methoxy groups -OCH3 is 2. The molecular formula is C23H24BrN5O6S. The number of ether oxygens (including phenoxy) is 4. The Morgan fingerprint density at radius 3 is 2.56 bits per heavy atom. The quantitative estimate of drug-likeness (QED) is 0.267. The Bertz CT molecular complexity index is 1480. The van der Waals surface area contributed by atoms with E-state index in [2.05, 4.69) is 35.9 Å². The van der Waals surface area contributed by atoms with Gasteiger partial charge in [-0.2, -0.15) is 4.52 Å². The number of hydrogen-bond acceptors (Lipinski definition) is 9. The normalized spacial score (nSPS) is 11.4. The molecule has 0 radical (unpaired) electrons. The van der Waals surface area contributed by atoms with Gasteiger partial charge in [-0.05, 0) is 43.3 Å². The van der Waals surface area contributed by atoms with Gasteiger partial charge in [-0.25, -0.2) is 13.1 Å². The molecule has 0 atom stereocenters. The maximum Gasteiger partial charge on any atom is 0.244 e. The second-order valence-electron chi connectivity index (χ2n) is 7.30. The topological polar surface area (TPSA) is 126 Å². The molecule has 0 saturated heterocycles. The Labute approximate surface area is 216 Å². The van der Waals surface area contributed by atoms with E-state index in [1.807, 2.05) is 0 Å². The first-order chi connectivity index (χ1) is 17.4. The fourth-order valence-corrected chi connectivity index (χ4v) is 5.07. The monoisotopic (exact) mass is 577 g/mol. The third kappa shape index (κ3) is 5.53. The second kappa shape index (κ2) is 11.1. The van der Waals surface area contributed by atoms with E-state index >= 15 is 0 Å². The van der Waals surface area contributed by atoms with Gasteiger partial charge in [0.2, 0.25) is 15.9 Å². The lowest BCUT2D eigenvalue weighted by Gasteiger charge is -2.13. The molecule has 0 amide bonds. The van der Waals surface area contributed by atoms with Crippen LogP contribution in [0.5, 0.6) is 23.1 Å². The molecule has 13 heteroatoms. The van der Waals surface area contributed by atoms with Crippen molar-refractivity contribution in [2.24, 2.45) is 0 Å². The third-order valence-corrected chi connectivity index (χ3v) is 7.00. The second-order valence-corrected chi connectivity index (χ2v) is 9.95. The molecule has 0 saturated carbocycles. The van der Waals surface area contributed by atoms with Crippen LogP contribution in [0.2, 0.25) is 0 Å². The van der Waals surface area contributed by atoms with E-state index in [1.165, 1.54) is 10.6 Å². The molecule has 4 aromatic rings. The van der Waals surface area contributed by atoms with Gasteiger partial charge in [0.25, 0.3) is 0 Å². The number of sulfonamides is 1. The summed E-state index contributed by atoms with van der Waals surface area (Å²) in [7, 11) is -0.703. The Morgan fingerprint density at radius 1 is 0.972 bits per heavy atom. The van der Waals surface area contributed by atoms with E-state index in [0.29, 0.717) is 39.6 Å². The van der Waals surface area contributed by atoms with Crippen molar-refractivity contribution >= 4 is 31.6 Å². The van der Waals surface area contributed by atoms with Crippen LogP contribution in [0.15, 0.2) is 57.9 Å². The number of hydrogen-bond donors (Lipinski definition) is 1. The van der Waals surface area contributed by atoms with Gasteiger partial charge in [0.1, 0.15) is 28.8 Å². The van der Waals surface area contributed by atoms with Gasteiger partial charge in [0, 0.05) is 23.2 Å². The van der Waals surface area contributed by atoms with E-state index in [4.69, 9.17) is 18.9 Å². The minimum atomic E-state index is -3.83. The van der Waals surface area contributed by atoms with Crippen molar-refractivity contribution < 1.29 is 27.4 Å². The summed E-state index contributed by atoms with van der Waals surface area (Å²) in [6, 6.07) is 13.5. The summed E-state index contributed by atoms with van der Waals surface area (Å²) in [6.07, 6.45) is 0. The zero-order valence-electron chi connectivity index (χ0n) is 19.8. The average molecular weight is 578 g/mol. The highest BCUT2D eigenvalue weighted by molar-refractivity contribution is 9.10. The predicted molar refractivity (Wildman–Crippen MR) is 135 cm³/mol. The summed E-state index contributed by atoms with van der Waals surface area (Å²) in [5, 5.41) is 12.8. The van der Waals surface area contributed by atoms with Crippen LogP contribution in [0.3, 0.4) is 0 Å². The molecule has 0 fully saturated rings. The maximum absolute atomic E-state index is 12.8. The average Bonchev–Trinajstić information content (AvgIpc) is 3.30. The minimum Gasteiger partial charge on any atom is -0.497 e. The SMILES string of the molecule is CCOc1ccc(Br)cc1S(=O)(=O)NCCOc1ccc2nnc(-c3ccc(OC)cc3OC)n2n1. The minimum absolute atomic E-state index is 0.0153. The van der Waals surface area contributed by atoms with E-state index in [0.717, 1.165) is 0 Å². The van der Waals surface area contributed by atoms with E-state index < -0.39 is 10.0 Å². The molecule has 2 heterocycles. The van der Waals surface area contributed by atoms with Crippen LogP contribution < -0.4 is 23.7 Å². The first kappa shape index (κ1) is 25.7. The molecule has 11 nitrogen and oxygen atoms in total. The van der Waals surface area contributed by atoms with Crippen molar-refractivity contribution in [2.75, 3.05) is 34.0 Å². The fourth-order valence-electron chi connectivity index (χ4n) is 3.38. The smallest absolute Gasteiger partial charge is 0.244 e. The van der Waals surface area contributed by atoms with Gasteiger partial charge >= 0.3 is 0 Å². The highest BCUT2D eigenvalue weighted by atomic mass is 79.9. The Balaban J connectivity index is 1.48. The van der Waals surface area contributed by atoms with Crippen LogP contribution in [-0.4, -0.2) is 62.2 Å². The highest BCUT2D eigenvalue weighted by Gasteiger charge is 2.20. The molecule has 2 aromatic carbocycles. The highest BCUT2D eigenvalue weighted by Crippen LogP contribution is 2.32. The molecule has 36 heavy (non-hydrogen) atoms. The molecule has 190 valence electrons. The lowest BCUT2D eigenvalue weighted by atomic mass is 10.2. The third-order valence-electron chi connectivity index (χ3n) is 5.03. The number of rotatable bonds is 11. The lowest BCUT2D eigenvalue weighted by molar-refractivity contribution is 0.305. The van der Waals surface area contributed by atoms with Gasteiger partial charge in [0.05, 0.1) is 26.4 Å². The molecule has 0 bridgehead atoms. The summed E-state index contributed by atoms with van der Waals surface area (Å²) in [5.74, 6) is 2.18. The van der Waals surface area contributed by atoms with Crippen LogP contribution in [0.4, 0.5) is 0 Å². The van der Waals surface area contributed by atoms with E-state index in [-0.39, 0.29) is 29.7 Å². The zero-order valence-corrected chi connectivity index (χ0v) is 22.2. The number of nitrogens with one attached hydrogen (secondary N) is 1. The fraction of sp³-hybridized carbons (Fsp3) is 0.261. The summed E-state index contributed by atoms with van der Waals surface area (Å²) in [6.45, 7) is 2.19. The molecule has 2 aromatic heterocycles. The standard InChI is InChI=1S/C23H24BrN5O6S/c1-4-34-18-8-5-15(24)13-20(18)36(30,31)25-11-12-35-22-10-9-21-26-27-23(29(21)28-22)17-7-6-16(32-2)14-19(17)33-3/h5-10,13-14,25H,4,11-12H2,1-3H3. The van der Waals surface area contributed by atoms with Crippen molar-refractivity contribution in [3.05, 3.63) is 53.0 Å². The number of benzene rings is 2. The predicted octanol–water partition coefficient (Wildman–Crippen LogP) is 3.33. The van der Waals surface area contributed by atoms with Crippen LogP contribution in [0, 0.1) is 0 Å². The molecule has 0 unspecified atom stereocenters. The zero-order chi connectivity index (χ0) is 25.7.